The van der Waals surface area contributed by atoms with Crippen LogP contribution < -0.4 is 15.2 Å². The number of benzene rings is 3. The Hall–Kier alpha value is -4.20. The Morgan fingerprint density at radius 3 is 2.28 bits per heavy atom. The van der Waals surface area contributed by atoms with Gasteiger partial charge in [0, 0.05) is 35.9 Å². The van der Waals surface area contributed by atoms with Crippen molar-refractivity contribution >= 4 is 25.5 Å². The average molecular weight is 636 g/mol. The number of aryl methyl sites for hydroxylation is 1. The minimum absolute atomic E-state index is 0.0128. The Morgan fingerprint density at radius 1 is 1.02 bits per heavy atom. The summed E-state index contributed by atoms with van der Waals surface area (Å²) < 4.78 is 13.5. The number of methoxy groups -OCH3 is 1. The van der Waals surface area contributed by atoms with Gasteiger partial charge in [-0.25, -0.2) is 4.98 Å². The molecular formula is C37H38N3O5P. The van der Waals surface area contributed by atoms with Crippen LogP contribution in [-0.2, 0) is 34.7 Å². The Labute approximate surface area is 269 Å². The van der Waals surface area contributed by atoms with E-state index in [0.717, 1.165) is 45.3 Å². The highest BCUT2D eigenvalue weighted by molar-refractivity contribution is 7.49. The number of nitrogens with one attached hydrogen (secondary N) is 1. The summed E-state index contributed by atoms with van der Waals surface area (Å²) in [6.07, 6.45) is 1.35. The van der Waals surface area contributed by atoms with Crippen LogP contribution in [0.5, 0.6) is 5.75 Å². The van der Waals surface area contributed by atoms with Gasteiger partial charge in [-0.3, -0.25) is 14.7 Å². The van der Waals surface area contributed by atoms with Gasteiger partial charge in [0.25, 0.3) is 5.56 Å². The molecule has 8 nitrogen and oxygen atoms in total. The molecule has 0 saturated heterocycles. The standard InChI is InChI=1S/C37H38N3O5P/c1-5-27-28-19-26(45-46(4)39-34(24-13-9-7-10-14-24)25-15-11-8-12-16-25)17-18-32(28)38-35-29(27)21-40-33(35)20-31(37(43,6-2)23-41)30(22-44-3)36(40)42/h7-20,23,34,39,43H,5-6,21-22H2,1-4H3. The minimum atomic E-state index is -1.80. The van der Waals surface area contributed by atoms with Crippen LogP contribution in [0.3, 0.4) is 0 Å². The van der Waals surface area contributed by atoms with Crippen molar-refractivity contribution in [1.29, 1.82) is 0 Å². The van der Waals surface area contributed by atoms with E-state index in [0.29, 0.717) is 24.2 Å². The maximum atomic E-state index is 13.8. The van der Waals surface area contributed by atoms with Crippen LogP contribution in [0.1, 0.15) is 59.7 Å². The van der Waals surface area contributed by atoms with Gasteiger partial charge in [0.1, 0.15) is 11.4 Å². The topological polar surface area (TPSA) is 103 Å². The molecule has 46 heavy (non-hydrogen) atoms. The predicted molar refractivity (Wildman–Crippen MR) is 182 cm³/mol. The lowest BCUT2D eigenvalue weighted by molar-refractivity contribution is -0.125. The van der Waals surface area contributed by atoms with Gasteiger partial charge in [0.05, 0.1) is 36.1 Å². The lowest BCUT2D eigenvalue weighted by Gasteiger charge is -2.24. The fraction of sp³-hybridized carbons (Fsp3) is 0.270. The molecule has 236 valence electrons. The summed E-state index contributed by atoms with van der Waals surface area (Å²) in [7, 11) is 0.426. The van der Waals surface area contributed by atoms with Crippen LogP contribution in [-0.4, -0.2) is 34.7 Å². The zero-order valence-electron chi connectivity index (χ0n) is 26.5. The quantitative estimate of drug-likeness (QED) is 0.115. The molecule has 3 aromatic carbocycles. The Bertz CT molecular complexity index is 1910. The number of fused-ring (bicyclic) bond motifs is 4. The summed E-state index contributed by atoms with van der Waals surface area (Å²) in [5.74, 6) is 0.737. The van der Waals surface area contributed by atoms with E-state index in [4.69, 9.17) is 14.2 Å². The first-order valence-electron chi connectivity index (χ1n) is 15.5. The second-order valence-electron chi connectivity index (χ2n) is 11.6. The maximum absolute atomic E-state index is 13.8. The molecule has 0 aliphatic carbocycles. The number of aliphatic hydroxyl groups is 1. The molecule has 0 radical (unpaired) electrons. The van der Waals surface area contributed by atoms with Crippen LogP contribution in [0, 0.1) is 0 Å². The van der Waals surface area contributed by atoms with E-state index in [1.807, 2.05) is 54.6 Å². The fourth-order valence-corrected chi connectivity index (χ4v) is 7.54. The molecule has 9 heteroatoms. The van der Waals surface area contributed by atoms with E-state index in [-0.39, 0.29) is 35.8 Å². The number of pyridine rings is 2. The van der Waals surface area contributed by atoms with Crippen molar-refractivity contribution < 1.29 is 19.2 Å². The van der Waals surface area contributed by atoms with Crippen molar-refractivity contribution in [2.45, 2.75) is 51.5 Å². The molecule has 0 bridgehead atoms. The van der Waals surface area contributed by atoms with Gasteiger partial charge in [-0.05, 0) is 53.8 Å². The molecule has 0 amide bonds. The summed E-state index contributed by atoms with van der Waals surface area (Å²) in [6.45, 7) is 6.21. The van der Waals surface area contributed by atoms with Crippen molar-refractivity contribution in [2.75, 3.05) is 13.8 Å². The summed E-state index contributed by atoms with van der Waals surface area (Å²) in [6, 6.07) is 28.3. The molecule has 3 heterocycles. The van der Waals surface area contributed by atoms with Gasteiger partial charge in [-0.15, -0.1) is 0 Å². The number of carbonyl (C=O) groups is 1. The molecule has 2 atom stereocenters. The van der Waals surface area contributed by atoms with Gasteiger partial charge in [-0.1, -0.05) is 74.5 Å². The molecule has 0 spiro atoms. The smallest absolute Gasteiger partial charge is 0.257 e. The van der Waals surface area contributed by atoms with Gasteiger partial charge in [-0.2, -0.15) is 0 Å². The Balaban J connectivity index is 1.36. The third-order valence-corrected chi connectivity index (χ3v) is 9.90. The third kappa shape index (κ3) is 5.78. The molecule has 0 fully saturated rings. The van der Waals surface area contributed by atoms with Crippen LogP contribution in [0.25, 0.3) is 22.3 Å². The van der Waals surface area contributed by atoms with Crippen molar-refractivity contribution in [3.05, 3.63) is 129 Å². The molecule has 0 saturated carbocycles. The summed E-state index contributed by atoms with van der Waals surface area (Å²) >= 11 is 0. The van der Waals surface area contributed by atoms with E-state index in [1.165, 1.54) is 7.11 Å². The van der Waals surface area contributed by atoms with Gasteiger partial charge < -0.3 is 18.9 Å². The van der Waals surface area contributed by atoms with Gasteiger partial charge >= 0.3 is 0 Å². The maximum Gasteiger partial charge on any atom is 0.257 e. The summed E-state index contributed by atoms with van der Waals surface area (Å²) in [5.41, 5.74) is 4.91. The third-order valence-electron chi connectivity index (χ3n) is 8.80. The van der Waals surface area contributed by atoms with Gasteiger partial charge in [0.15, 0.2) is 14.6 Å². The first-order chi connectivity index (χ1) is 22.3. The molecular weight excluding hydrogens is 597 g/mol. The molecule has 1 aliphatic heterocycles. The van der Waals surface area contributed by atoms with E-state index in [2.05, 4.69) is 42.9 Å². The van der Waals surface area contributed by atoms with Crippen molar-refractivity contribution in [3.63, 3.8) is 0 Å². The number of ether oxygens (including phenoxy) is 1. The number of hydrogen-bond acceptors (Lipinski definition) is 7. The highest BCUT2D eigenvalue weighted by Gasteiger charge is 2.35. The Kier molecular flexibility index (Phi) is 9.16. The average Bonchev–Trinajstić information content (AvgIpc) is 3.46. The summed E-state index contributed by atoms with van der Waals surface area (Å²) in [4.78, 5) is 30.8. The number of carbonyl (C=O) groups excluding carboxylic acids is 1. The first kappa shape index (κ1) is 31.8. The largest absolute Gasteiger partial charge is 0.458 e. The molecule has 6 rings (SSSR count). The highest BCUT2D eigenvalue weighted by Crippen LogP contribution is 2.41. The number of nitrogens with zero attached hydrogens (tertiary/aromatic N) is 2. The number of aromatic nitrogens is 2. The second kappa shape index (κ2) is 13.3. The predicted octanol–water partition coefficient (Wildman–Crippen LogP) is 6.63. The lowest BCUT2D eigenvalue weighted by atomic mass is 9.89. The minimum Gasteiger partial charge on any atom is -0.458 e. The molecule has 2 aromatic heterocycles. The molecule has 2 N–H and O–H groups in total. The summed E-state index contributed by atoms with van der Waals surface area (Å²) in [5, 5.41) is 15.8. The van der Waals surface area contributed by atoms with Crippen molar-refractivity contribution in [2.24, 2.45) is 0 Å². The monoisotopic (exact) mass is 635 g/mol. The van der Waals surface area contributed by atoms with E-state index in [9.17, 15) is 14.7 Å². The van der Waals surface area contributed by atoms with Crippen LogP contribution in [0.2, 0.25) is 0 Å². The van der Waals surface area contributed by atoms with Crippen LogP contribution in [0.15, 0.2) is 89.7 Å². The molecule has 1 aliphatic rings. The van der Waals surface area contributed by atoms with Crippen LogP contribution >= 0.6 is 8.30 Å². The molecule has 2 unspecified atom stereocenters. The van der Waals surface area contributed by atoms with Crippen molar-refractivity contribution in [1.82, 2.24) is 14.6 Å². The second-order valence-corrected chi connectivity index (χ2v) is 13.0. The SMILES string of the molecule is CCc1c2c(nc3ccc(OP(C)NC(c4ccccc4)c4ccccc4)cc13)-c1cc(C(O)(C=O)CC)c(COC)c(=O)n1C2. The Morgan fingerprint density at radius 2 is 1.70 bits per heavy atom. The number of hydrogen-bond donors (Lipinski definition) is 2. The van der Waals surface area contributed by atoms with Gasteiger partial charge in [0.2, 0.25) is 0 Å². The number of aldehydes is 1. The first-order valence-corrected chi connectivity index (χ1v) is 17.2. The molecule has 5 aromatic rings. The zero-order valence-corrected chi connectivity index (χ0v) is 27.4. The number of rotatable bonds is 12. The fourth-order valence-electron chi connectivity index (χ4n) is 6.40. The van der Waals surface area contributed by atoms with E-state index >= 15 is 0 Å². The normalized spacial score (nSPS) is 14.1. The lowest BCUT2D eigenvalue weighted by Crippen LogP contribution is -2.34. The van der Waals surface area contributed by atoms with E-state index < -0.39 is 13.9 Å². The van der Waals surface area contributed by atoms with E-state index in [1.54, 1.807) is 17.6 Å². The van der Waals surface area contributed by atoms with Crippen molar-refractivity contribution in [3.8, 4) is 17.1 Å². The zero-order chi connectivity index (χ0) is 32.4. The highest BCUT2D eigenvalue weighted by atomic mass is 31.2. The van der Waals surface area contributed by atoms with Crippen LogP contribution in [0.4, 0.5) is 0 Å².